The number of nitrogens with zero attached hydrogens (tertiary/aromatic N) is 2. The molecule has 2 rings (SSSR count). The third-order valence-electron chi connectivity index (χ3n) is 2.98. The molecule has 0 saturated carbocycles. The van der Waals surface area contributed by atoms with E-state index in [2.05, 4.69) is 49.4 Å². The molecule has 0 aromatic rings. The fourth-order valence-corrected chi connectivity index (χ4v) is 2.63. The minimum absolute atomic E-state index is 0.604. The number of piperazine rings is 1. The summed E-state index contributed by atoms with van der Waals surface area (Å²) >= 11 is 2.32. The van der Waals surface area contributed by atoms with Gasteiger partial charge in [0.1, 0.15) is 0 Å². The van der Waals surface area contributed by atoms with Crippen molar-refractivity contribution < 1.29 is 0 Å². The summed E-state index contributed by atoms with van der Waals surface area (Å²) in [7, 11) is 0. The van der Waals surface area contributed by atoms with Crippen molar-refractivity contribution in [1.29, 1.82) is 0 Å². The van der Waals surface area contributed by atoms with E-state index in [4.69, 9.17) is 0 Å². The van der Waals surface area contributed by atoms with Crippen molar-refractivity contribution in [3.63, 3.8) is 0 Å². The third kappa shape index (κ3) is 1.77. The van der Waals surface area contributed by atoms with Crippen LogP contribution in [0.5, 0.6) is 0 Å². The topological polar surface area (TPSA) is 18.5 Å². The van der Waals surface area contributed by atoms with Crippen LogP contribution in [-0.4, -0.2) is 40.2 Å². The van der Waals surface area contributed by atoms with Crippen LogP contribution >= 0.6 is 22.9 Å². The lowest BCUT2D eigenvalue weighted by molar-refractivity contribution is 0.212. The van der Waals surface area contributed by atoms with Crippen LogP contribution in [0.25, 0.3) is 0 Å². The minimum atomic E-state index is 0.604. The maximum absolute atomic E-state index is 4.14. The highest BCUT2D eigenvalue weighted by Gasteiger charge is 2.28. The van der Waals surface area contributed by atoms with Crippen LogP contribution < -0.4 is 5.32 Å². The van der Waals surface area contributed by atoms with Gasteiger partial charge in [-0.25, -0.2) is 0 Å². The Hall–Kier alpha value is -0.230. The molecule has 1 atom stereocenters. The van der Waals surface area contributed by atoms with Crippen LogP contribution in [0.3, 0.4) is 0 Å². The molecule has 78 valence electrons. The summed E-state index contributed by atoms with van der Waals surface area (Å²) in [5.41, 5.74) is 2.17. The zero-order chi connectivity index (χ0) is 10.1. The first-order valence-corrected chi connectivity index (χ1v) is 5.95. The molecule has 0 bridgehead atoms. The van der Waals surface area contributed by atoms with Crippen molar-refractivity contribution >= 4 is 22.9 Å². The monoisotopic (exact) mass is 305 g/mol. The first-order chi connectivity index (χ1) is 6.70. The number of nitrogens with one attached hydrogen (secondary N) is 1. The standard InChI is InChI=1S/C10H16IN3/c1-8-9(2)14(11)5-3-10-7-12-4-6-13(8)10/h10,12H,1-7H2. The number of rotatable bonds is 0. The van der Waals surface area contributed by atoms with Gasteiger partial charge in [0.2, 0.25) is 0 Å². The quantitative estimate of drug-likeness (QED) is 0.538. The predicted octanol–water partition coefficient (Wildman–Crippen LogP) is 1.34. The Labute approximate surface area is 99.3 Å². The normalized spacial score (nSPS) is 28.8. The molecule has 2 heterocycles. The molecule has 0 aromatic heterocycles. The van der Waals surface area contributed by atoms with Gasteiger partial charge < -0.3 is 13.3 Å². The number of fused-ring (bicyclic) bond motifs is 1. The average Bonchev–Trinajstić information content (AvgIpc) is 2.32. The Kier molecular flexibility index (Phi) is 3.02. The van der Waals surface area contributed by atoms with Crippen LogP contribution in [0.2, 0.25) is 0 Å². The smallest absolute Gasteiger partial charge is 0.0613 e. The first-order valence-electron chi connectivity index (χ1n) is 4.99. The number of halogens is 1. The van der Waals surface area contributed by atoms with E-state index in [1.807, 2.05) is 0 Å². The van der Waals surface area contributed by atoms with Gasteiger partial charge in [0, 0.05) is 32.2 Å². The molecular formula is C10H16IN3. The Bertz CT molecular complexity index is 264. The Balaban J connectivity index is 2.19. The Morgan fingerprint density at radius 2 is 2.07 bits per heavy atom. The second-order valence-corrected chi connectivity index (χ2v) is 4.98. The second-order valence-electron chi connectivity index (χ2n) is 3.82. The molecule has 2 aliphatic heterocycles. The average molecular weight is 305 g/mol. The lowest BCUT2D eigenvalue weighted by Crippen LogP contribution is -2.50. The highest BCUT2D eigenvalue weighted by atomic mass is 127. The highest BCUT2D eigenvalue weighted by Crippen LogP contribution is 2.27. The van der Waals surface area contributed by atoms with Gasteiger partial charge in [-0.05, 0) is 6.42 Å². The predicted molar refractivity (Wildman–Crippen MR) is 67.0 cm³/mol. The van der Waals surface area contributed by atoms with E-state index < -0.39 is 0 Å². The Morgan fingerprint density at radius 3 is 2.86 bits per heavy atom. The van der Waals surface area contributed by atoms with Gasteiger partial charge in [-0.2, -0.15) is 0 Å². The van der Waals surface area contributed by atoms with Crippen LogP contribution in [0.4, 0.5) is 0 Å². The SMILES string of the molecule is C=C1C(=C)N2CCNCC2CCN1I. The molecule has 3 nitrogen and oxygen atoms in total. The van der Waals surface area contributed by atoms with Crippen molar-refractivity contribution in [1.82, 2.24) is 13.3 Å². The summed E-state index contributed by atoms with van der Waals surface area (Å²) < 4.78 is 2.18. The summed E-state index contributed by atoms with van der Waals surface area (Å²) in [6, 6.07) is 0.604. The number of hydrogen-bond donors (Lipinski definition) is 1. The van der Waals surface area contributed by atoms with Gasteiger partial charge in [-0.1, -0.05) is 13.2 Å². The first kappa shape index (κ1) is 10.3. The molecule has 0 aliphatic carbocycles. The molecule has 2 saturated heterocycles. The van der Waals surface area contributed by atoms with Crippen LogP contribution in [0, 0.1) is 0 Å². The highest BCUT2D eigenvalue weighted by molar-refractivity contribution is 14.1. The van der Waals surface area contributed by atoms with E-state index in [1.165, 1.54) is 6.42 Å². The van der Waals surface area contributed by atoms with Gasteiger partial charge in [-0.3, -0.25) is 0 Å². The molecule has 0 radical (unpaired) electrons. The zero-order valence-electron chi connectivity index (χ0n) is 8.30. The molecule has 14 heavy (non-hydrogen) atoms. The van der Waals surface area contributed by atoms with Crippen LogP contribution in [0.1, 0.15) is 6.42 Å². The van der Waals surface area contributed by atoms with Crippen molar-refractivity contribution in [3.05, 3.63) is 24.6 Å². The number of hydrogen-bond acceptors (Lipinski definition) is 3. The fourth-order valence-electron chi connectivity index (χ4n) is 2.08. The van der Waals surface area contributed by atoms with Crippen molar-refractivity contribution in [2.24, 2.45) is 0 Å². The zero-order valence-corrected chi connectivity index (χ0v) is 10.5. The molecule has 0 amide bonds. The summed E-state index contributed by atoms with van der Waals surface area (Å²) in [5, 5.41) is 3.43. The summed E-state index contributed by atoms with van der Waals surface area (Å²) in [6.07, 6.45) is 1.19. The lowest BCUT2D eigenvalue weighted by atomic mass is 10.1. The largest absolute Gasteiger partial charge is 0.365 e. The summed E-state index contributed by atoms with van der Waals surface area (Å²) in [6.45, 7) is 12.5. The van der Waals surface area contributed by atoms with Crippen molar-refractivity contribution in [2.45, 2.75) is 12.5 Å². The molecule has 2 aliphatic rings. The second kappa shape index (κ2) is 4.10. The fraction of sp³-hybridized carbons (Fsp3) is 0.600. The van der Waals surface area contributed by atoms with E-state index in [-0.39, 0.29) is 0 Å². The molecule has 1 N–H and O–H groups in total. The molecule has 1 unspecified atom stereocenters. The van der Waals surface area contributed by atoms with Gasteiger partial charge in [-0.15, -0.1) is 0 Å². The van der Waals surface area contributed by atoms with E-state index in [0.717, 1.165) is 37.6 Å². The lowest BCUT2D eigenvalue weighted by Gasteiger charge is -2.37. The third-order valence-corrected chi connectivity index (χ3v) is 4.05. The van der Waals surface area contributed by atoms with Gasteiger partial charge in [0.15, 0.2) is 0 Å². The van der Waals surface area contributed by atoms with Gasteiger partial charge in [0.25, 0.3) is 0 Å². The van der Waals surface area contributed by atoms with E-state index in [9.17, 15) is 0 Å². The Morgan fingerprint density at radius 1 is 1.29 bits per heavy atom. The van der Waals surface area contributed by atoms with Crippen molar-refractivity contribution in [2.75, 3.05) is 26.2 Å². The summed E-state index contributed by atoms with van der Waals surface area (Å²) in [4.78, 5) is 2.40. The van der Waals surface area contributed by atoms with E-state index in [0.29, 0.717) is 6.04 Å². The molecule has 4 heteroatoms. The van der Waals surface area contributed by atoms with Crippen LogP contribution in [-0.2, 0) is 0 Å². The molecular weight excluding hydrogens is 289 g/mol. The summed E-state index contributed by atoms with van der Waals surface area (Å²) in [5.74, 6) is 0. The maximum atomic E-state index is 4.14. The maximum Gasteiger partial charge on any atom is 0.0613 e. The molecule has 2 fully saturated rings. The van der Waals surface area contributed by atoms with Crippen molar-refractivity contribution in [3.8, 4) is 0 Å². The molecule has 0 aromatic carbocycles. The minimum Gasteiger partial charge on any atom is -0.365 e. The van der Waals surface area contributed by atoms with Crippen LogP contribution in [0.15, 0.2) is 24.6 Å². The van der Waals surface area contributed by atoms with E-state index >= 15 is 0 Å². The van der Waals surface area contributed by atoms with E-state index in [1.54, 1.807) is 0 Å². The molecule has 0 spiro atoms. The van der Waals surface area contributed by atoms with Gasteiger partial charge in [0.05, 0.1) is 34.3 Å². The van der Waals surface area contributed by atoms with Gasteiger partial charge >= 0.3 is 0 Å².